The molecule has 0 bridgehead atoms. The first-order chi connectivity index (χ1) is 12.8. The Morgan fingerprint density at radius 3 is 2.26 bits per heavy atom. The van der Waals surface area contributed by atoms with E-state index in [0.717, 1.165) is 18.2 Å². The molecule has 0 aliphatic heterocycles. The Morgan fingerprint density at radius 2 is 1.70 bits per heavy atom. The summed E-state index contributed by atoms with van der Waals surface area (Å²) in [6.07, 6.45) is -4.16. The average Bonchev–Trinajstić information content (AvgIpc) is 2.57. The van der Waals surface area contributed by atoms with Gasteiger partial charge in [0.2, 0.25) is 0 Å². The smallest absolute Gasteiger partial charge is 0.119 e. The molecule has 0 saturated heterocycles. The number of aromatic hydroxyl groups is 3. The molecule has 0 saturated carbocycles. The maximum absolute atomic E-state index is 10.3. The summed E-state index contributed by atoms with van der Waals surface area (Å²) in [7, 11) is 0. The molecule has 0 fully saturated rings. The Bertz CT molecular complexity index is 813. The van der Waals surface area contributed by atoms with Crippen LogP contribution in [-0.2, 0) is 6.37 Å². The van der Waals surface area contributed by atoms with Gasteiger partial charge in [-0.25, -0.2) is 0 Å². The van der Waals surface area contributed by atoms with E-state index < -0.39 is 31.9 Å². The maximum atomic E-state index is 10.3. The SMILES string of the molecule is Br.[2H]C([2H])([2H])[C@@]([2H])(NC[C@@H](O)c1cc(O)cc(O)c1)C([2H])([2H])c1ccc(O)cc1. The van der Waals surface area contributed by atoms with Gasteiger partial charge in [-0.05, 0) is 48.6 Å². The molecule has 5 nitrogen and oxygen atoms in total. The summed E-state index contributed by atoms with van der Waals surface area (Å²) < 4.78 is 48.0. The first-order valence-corrected chi connectivity index (χ1v) is 6.53. The summed E-state index contributed by atoms with van der Waals surface area (Å²) in [4.78, 5) is 0. The van der Waals surface area contributed by atoms with Crippen LogP contribution in [0.15, 0.2) is 42.5 Å². The summed E-state index contributed by atoms with van der Waals surface area (Å²) in [5.74, 6) is -0.779. The van der Waals surface area contributed by atoms with E-state index in [-0.39, 0.29) is 45.4 Å². The Kier molecular flexibility index (Phi) is 4.47. The van der Waals surface area contributed by atoms with E-state index in [0.29, 0.717) is 0 Å². The molecule has 0 heterocycles. The lowest BCUT2D eigenvalue weighted by Gasteiger charge is -2.18. The van der Waals surface area contributed by atoms with E-state index in [9.17, 15) is 20.4 Å². The van der Waals surface area contributed by atoms with E-state index in [1.165, 1.54) is 24.3 Å². The van der Waals surface area contributed by atoms with Gasteiger partial charge in [-0.15, -0.1) is 17.0 Å². The van der Waals surface area contributed by atoms with E-state index in [1.807, 2.05) is 0 Å². The quantitative estimate of drug-likeness (QED) is 0.523. The van der Waals surface area contributed by atoms with Crippen LogP contribution in [0.5, 0.6) is 17.2 Å². The molecule has 6 heteroatoms. The second kappa shape index (κ2) is 8.76. The highest BCUT2D eigenvalue weighted by atomic mass is 79.9. The lowest BCUT2D eigenvalue weighted by atomic mass is 10.1. The highest BCUT2D eigenvalue weighted by Gasteiger charge is 2.12. The highest BCUT2D eigenvalue weighted by molar-refractivity contribution is 8.93. The lowest BCUT2D eigenvalue weighted by molar-refractivity contribution is 0.170. The van der Waals surface area contributed by atoms with Crippen molar-refractivity contribution in [1.82, 2.24) is 5.32 Å². The number of rotatable bonds is 6. The van der Waals surface area contributed by atoms with E-state index in [2.05, 4.69) is 5.32 Å². The molecule has 0 amide bonds. The minimum atomic E-state index is -3.13. The first-order valence-electron chi connectivity index (χ1n) is 9.53. The zero-order valence-corrected chi connectivity index (χ0v) is 13.7. The number of nitrogens with one attached hydrogen (secondary N) is 1. The zero-order valence-electron chi connectivity index (χ0n) is 18.0. The molecule has 2 aromatic carbocycles. The Morgan fingerprint density at radius 1 is 1.09 bits per heavy atom. The third-order valence-corrected chi connectivity index (χ3v) is 2.92. The largest absolute Gasteiger partial charge is 0.508 e. The molecule has 0 aliphatic rings. The van der Waals surface area contributed by atoms with Crippen molar-refractivity contribution in [1.29, 1.82) is 0 Å². The highest BCUT2D eigenvalue weighted by Crippen LogP contribution is 2.24. The van der Waals surface area contributed by atoms with E-state index in [4.69, 9.17) is 8.22 Å². The first kappa shape index (κ1) is 11.7. The van der Waals surface area contributed by atoms with Crippen LogP contribution in [-0.4, -0.2) is 33.0 Å². The molecule has 0 radical (unpaired) electrons. The molecule has 23 heavy (non-hydrogen) atoms. The van der Waals surface area contributed by atoms with Crippen LogP contribution in [0.4, 0.5) is 0 Å². The van der Waals surface area contributed by atoms with Gasteiger partial charge in [-0.2, -0.15) is 0 Å². The van der Waals surface area contributed by atoms with Crippen molar-refractivity contribution < 1.29 is 28.7 Å². The predicted octanol–water partition coefficient (Wildman–Crippen LogP) is 2.64. The molecule has 5 N–H and O–H groups in total. The number of aliphatic hydroxyl groups is 1. The van der Waals surface area contributed by atoms with E-state index in [1.54, 1.807) is 0 Å². The molecular formula is C17H22BrNO4. The molecule has 2 aromatic rings. The van der Waals surface area contributed by atoms with Gasteiger partial charge in [0.15, 0.2) is 0 Å². The standard InChI is InChI=1S/C17H21NO4.BrH/c1-11(6-12-2-4-14(19)5-3-12)18-10-17(22)13-7-15(20)9-16(21)8-13;/h2-5,7-9,11,17-22H,6,10H2,1H3;1H/t11-,17-;/m1./s1/i1D3,6D2,11D;. The molecule has 0 unspecified atom stereocenters. The Labute approximate surface area is 154 Å². The molecule has 0 spiro atoms. The summed E-state index contributed by atoms with van der Waals surface area (Å²) in [5, 5.41) is 40.9. The molecule has 0 aliphatic carbocycles. The van der Waals surface area contributed by atoms with E-state index >= 15 is 0 Å². The van der Waals surface area contributed by atoms with Gasteiger partial charge in [0.1, 0.15) is 17.2 Å². The summed E-state index contributed by atoms with van der Waals surface area (Å²) in [6.45, 7) is -3.67. The fraction of sp³-hybridized carbons (Fsp3) is 0.294. The molecule has 126 valence electrons. The summed E-state index contributed by atoms with van der Waals surface area (Å²) >= 11 is 0. The van der Waals surface area contributed by atoms with Crippen molar-refractivity contribution in [2.24, 2.45) is 0 Å². The number of halogens is 1. The number of phenolic OH excluding ortho intramolecular Hbond substituents is 3. The summed E-state index contributed by atoms with van der Waals surface area (Å²) in [5.41, 5.74) is -0.0866. The summed E-state index contributed by atoms with van der Waals surface area (Å²) in [6, 6.07) is 5.21. The molecule has 2 rings (SSSR count). The second-order valence-electron chi connectivity index (χ2n) is 4.73. The van der Waals surface area contributed by atoms with Crippen LogP contribution >= 0.6 is 17.0 Å². The Balaban J connectivity index is 0.00000420. The number of hydrogen-bond donors (Lipinski definition) is 5. The number of phenols is 3. The van der Waals surface area contributed by atoms with Crippen molar-refractivity contribution in [3.63, 3.8) is 0 Å². The maximum Gasteiger partial charge on any atom is 0.119 e. The topological polar surface area (TPSA) is 93.0 Å². The normalized spacial score (nSPS) is 19.5. The molecule has 2 atom stereocenters. The van der Waals surface area contributed by atoms with Crippen LogP contribution in [0.2, 0.25) is 0 Å². The minimum absolute atomic E-state index is 0. The van der Waals surface area contributed by atoms with Crippen LogP contribution in [0.25, 0.3) is 0 Å². The van der Waals surface area contributed by atoms with Crippen molar-refractivity contribution >= 4 is 17.0 Å². The number of benzene rings is 2. The number of aliphatic hydroxyl groups excluding tert-OH is 1. The monoisotopic (exact) mass is 389 g/mol. The van der Waals surface area contributed by atoms with Crippen LogP contribution in [0, 0.1) is 0 Å². The van der Waals surface area contributed by atoms with Crippen LogP contribution in [0.1, 0.15) is 32.3 Å². The van der Waals surface area contributed by atoms with Gasteiger partial charge in [0.25, 0.3) is 0 Å². The minimum Gasteiger partial charge on any atom is -0.508 e. The van der Waals surface area contributed by atoms with Gasteiger partial charge in [0.05, 0.1) is 6.10 Å². The van der Waals surface area contributed by atoms with Gasteiger partial charge >= 0.3 is 0 Å². The van der Waals surface area contributed by atoms with Gasteiger partial charge in [0, 0.05) is 26.9 Å². The van der Waals surface area contributed by atoms with Crippen molar-refractivity contribution in [3.05, 3.63) is 53.6 Å². The third-order valence-electron chi connectivity index (χ3n) is 2.92. The molecular weight excluding hydrogens is 362 g/mol. The molecule has 0 aromatic heterocycles. The Hall–Kier alpha value is -1.76. The second-order valence-corrected chi connectivity index (χ2v) is 4.73. The fourth-order valence-corrected chi connectivity index (χ4v) is 1.86. The zero-order chi connectivity index (χ0) is 21.3. The van der Waals surface area contributed by atoms with Crippen molar-refractivity contribution in [3.8, 4) is 17.2 Å². The predicted molar refractivity (Wildman–Crippen MR) is 94.3 cm³/mol. The van der Waals surface area contributed by atoms with Gasteiger partial charge in [-0.1, -0.05) is 12.1 Å². The van der Waals surface area contributed by atoms with Crippen molar-refractivity contribution in [2.75, 3.05) is 6.54 Å². The van der Waals surface area contributed by atoms with Gasteiger partial charge in [-0.3, -0.25) is 0 Å². The average molecular weight is 390 g/mol. The number of hydrogen-bond acceptors (Lipinski definition) is 5. The lowest BCUT2D eigenvalue weighted by Crippen LogP contribution is -2.32. The third kappa shape index (κ3) is 6.09. The van der Waals surface area contributed by atoms with Crippen LogP contribution < -0.4 is 5.32 Å². The van der Waals surface area contributed by atoms with Gasteiger partial charge < -0.3 is 25.7 Å². The van der Waals surface area contributed by atoms with Crippen LogP contribution in [0.3, 0.4) is 0 Å². The van der Waals surface area contributed by atoms with Crippen molar-refractivity contribution in [2.45, 2.75) is 25.3 Å². The fourth-order valence-electron chi connectivity index (χ4n) is 1.86.